The van der Waals surface area contributed by atoms with Gasteiger partial charge in [0.05, 0.1) is 4.90 Å². The molecule has 0 radical (unpaired) electrons. The molecule has 0 bridgehead atoms. The van der Waals surface area contributed by atoms with Gasteiger partial charge in [-0.05, 0) is 12.1 Å². The Morgan fingerprint density at radius 3 is 1.87 bits per heavy atom. The molecule has 1 aromatic carbocycles. The summed E-state index contributed by atoms with van der Waals surface area (Å²) in [6.07, 6.45) is 0. The summed E-state index contributed by atoms with van der Waals surface area (Å²) in [7, 11) is -3.50. The molecule has 0 saturated carbocycles. The van der Waals surface area contributed by atoms with E-state index in [2.05, 4.69) is 22.5 Å². The molecule has 0 aromatic heterocycles. The zero-order chi connectivity index (χ0) is 11.9. The van der Waals surface area contributed by atoms with E-state index >= 15 is 0 Å². The van der Waals surface area contributed by atoms with Crippen molar-refractivity contribution >= 4 is 28.5 Å². The van der Waals surface area contributed by atoms with E-state index in [0.29, 0.717) is 0 Å². The van der Waals surface area contributed by atoms with Crippen LogP contribution in [0.3, 0.4) is 0 Å². The molecule has 0 fully saturated rings. The summed E-state index contributed by atoms with van der Waals surface area (Å²) in [6, 6.07) is 7.08. The first kappa shape index (κ1) is 13.6. The highest BCUT2D eigenvalue weighted by Gasteiger charge is 2.03. The first-order valence-corrected chi connectivity index (χ1v) is 5.49. The number of urea groups is 1. The fourth-order valence-electron chi connectivity index (χ4n) is 0.610. The first-order valence-electron chi connectivity index (χ1n) is 3.58. The van der Waals surface area contributed by atoms with Crippen molar-refractivity contribution in [1.82, 2.24) is 0 Å². The number of amides is 2. The Labute approximate surface area is 92.5 Å². The number of primary amides is 1. The third kappa shape index (κ3) is 6.66. The zero-order valence-corrected chi connectivity index (χ0v) is 9.16. The molecule has 0 unspecified atom stereocenters. The van der Waals surface area contributed by atoms with Gasteiger partial charge in [-0.2, -0.15) is 0 Å². The molecule has 1 aromatic rings. The molecule has 8 heteroatoms. The van der Waals surface area contributed by atoms with Crippen molar-refractivity contribution in [2.75, 3.05) is 0 Å². The minimum absolute atomic E-state index is 0.148. The van der Waals surface area contributed by atoms with Crippen molar-refractivity contribution in [2.24, 2.45) is 15.2 Å². The van der Waals surface area contributed by atoms with Gasteiger partial charge in [0.1, 0.15) is 0 Å². The van der Waals surface area contributed by atoms with Crippen molar-refractivity contribution in [3.8, 4) is 0 Å². The van der Waals surface area contributed by atoms with Crippen molar-refractivity contribution in [3.63, 3.8) is 0 Å². The lowest BCUT2D eigenvalue weighted by atomic mass is 10.4. The third-order valence-corrected chi connectivity index (χ3v) is 2.27. The van der Waals surface area contributed by atoms with E-state index < -0.39 is 16.1 Å². The van der Waals surface area contributed by atoms with Crippen LogP contribution in [0.2, 0.25) is 0 Å². The zero-order valence-electron chi connectivity index (χ0n) is 7.53. The molecule has 0 aliphatic carbocycles. The predicted molar refractivity (Wildman–Crippen MR) is 57.2 cm³/mol. The van der Waals surface area contributed by atoms with Crippen LogP contribution in [0.1, 0.15) is 0 Å². The Morgan fingerprint density at radius 1 is 1.27 bits per heavy atom. The minimum Gasteiger partial charge on any atom is -0.349 e. The van der Waals surface area contributed by atoms with Gasteiger partial charge >= 0.3 is 6.03 Å². The van der Waals surface area contributed by atoms with Crippen LogP contribution in [0.15, 0.2) is 39.6 Å². The molecule has 0 spiro atoms. The fourth-order valence-corrected chi connectivity index (χ4v) is 1.15. The molecule has 0 aliphatic rings. The van der Waals surface area contributed by atoms with E-state index in [1.54, 1.807) is 18.2 Å². The summed E-state index contributed by atoms with van der Waals surface area (Å²) < 4.78 is 23.8. The van der Waals surface area contributed by atoms with Crippen LogP contribution in [0.5, 0.6) is 0 Å². The van der Waals surface area contributed by atoms with E-state index in [4.69, 9.17) is 5.14 Å². The van der Waals surface area contributed by atoms with Gasteiger partial charge in [-0.3, -0.25) is 0 Å². The van der Waals surface area contributed by atoms with E-state index in [-0.39, 0.29) is 4.90 Å². The molecular formula is C7H9N3O3S2. The van der Waals surface area contributed by atoms with Crippen molar-refractivity contribution in [1.29, 1.82) is 0 Å². The SMILES string of the molecule is NC(=O)N=S.NS(=O)(=O)c1ccccc1. The number of rotatable bonds is 1. The van der Waals surface area contributed by atoms with Crippen LogP contribution in [0, 0.1) is 0 Å². The number of nitrogens with two attached hydrogens (primary N) is 2. The number of sulfonamides is 1. The molecular weight excluding hydrogens is 238 g/mol. The average Bonchev–Trinajstić information content (AvgIpc) is 2.19. The lowest BCUT2D eigenvalue weighted by Crippen LogP contribution is -2.11. The average molecular weight is 247 g/mol. The Kier molecular flexibility index (Phi) is 5.60. The highest BCUT2D eigenvalue weighted by atomic mass is 32.2. The molecule has 6 nitrogen and oxygen atoms in total. The summed E-state index contributed by atoms with van der Waals surface area (Å²) >= 11 is 3.83. The molecule has 0 atom stereocenters. The minimum atomic E-state index is -3.50. The molecule has 82 valence electrons. The van der Waals surface area contributed by atoms with Crippen LogP contribution in [-0.4, -0.2) is 14.4 Å². The van der Waals surface area contributed by atoms with Gasteiger partial charge in [-0.25, -0.2) is 18.4 Å². The summed E-state index contributed by atoms with van der Waals surface area (Å²) in [5.74, 6) is 0. The van der Waals surface area contributed by atoms with Gasteiger partial charge in [0.15, 0.2) is 0 Å². The largest absolute Gasteiger partial charge is 0.349 e. The maximum Gasteiger partial charge on any atom is 0.349 e. The third-order valence-electron chi connectivity index (χ3n) is 1.16. The van der Waals surface area contributed by atoms with E-state index in [1.807, 2.05) is 0 Å². The topological polar surface area (TPSA) is 116 Å². The molecule has 2 amide bonds. The van der Waals surface area contributed by atoms with Gasteiger partial charge in [0.2, 0.25) is 10.0 Å². The van der Waals surface area contributed by atoms with Crippen LogP contribution in [0.4, 0.5) is 4.79 Å². The van der Waals surface area contributed by atoms with E-state index in [1.165, 1.54) is 12.1 Å². The summed E-state index contributed by atoms with van der Waals surface area (Å²) in [5.41, 5.74) is 4.38. The molecule has 0 aliphatic heterocycles. The second-order valence-corrected chi connectivity index (χ2v) is 4.03. The first-order chi connectivity index (χ1) is 6.88. The quantitative estimate of drug-likeness (QED) is 0.733. The van der Waals surface area contributed by atoms with E-state index in [9.17, 15) is 13.2 Å². The maximum absolute atomic E-state index is 10.6. The Bertz CT molecular complexity index is 430. The number of hydrogen-bond acceptors (Lipinski definition) is 4. The number of nitrogens with zero attached hydrogens (tertiary/aromatic N) is 1. The van der Waals surface area contributed by atoms with Gasteiger partial charge in [0.25, 0.3) is 0 Å². The summed E-state index contributed by atoms with van der Waals surface area (Å²) in [5, 5.41) is 4.83. The number of carbonyl (C=O) groups excluding carboxylic acids is 1. The van der Waals surface area contributed by atoms with Gasteiger partial charge < -0.3 is 5.73 Å². The second-order valence-electron chi connectivity index (χ2n) is 2.29. The maximum atomic E-state index is 10.6. The highest BCUT2D eigenvalue weighted by molar-refractivity contribution is 7.89. The number of carbonyl (C=O) groups is 1. The summed E-state index contributed by atoms with van der Waals surface area (Å²) in [4.78, 5) is 9.47. The number of hydrogen-bond donors (Lipinski definition) is 2. The normalized spacial score (nSPS) is 9.67. The Balaban J connectivity index is 0.000000336. The second kappa shape index (κ2) is 6.17. The monoisotopic (exact) mass is 247 g/mol. The Hall–Kier alpha value is -1.38. The summed E-state index contributed by atoms with van der Waals surface area (Å²) in [6.45, 7) is 0. The smallest absolute Gasteiger partial charge is 0.349 e. The van der Waals surface area contributed by atoms with Crippen LogP contribution < -0.4 is 10.9 Å². The van der Waals surface area contributed by atoms with Gasteiger partial charge in [-0.1, -0.05) is 18.2 Å². The lowest BCUT2D eigenvalue weighted by Gasteiger charge is -1.93. The van der Waals surface area contributed by atoms with Crippen LogP contribution in [-0.2, 0) is 22.4 Å². The lowest BCUT2D eigenvalue weighted by molar-refractivity contribution is 0.257. The fraction of sp³-hybridized carbons (Fsp3) is 0. The van der Waals surface area contributed by atoms with Crippen LogP contribution in [0.25, 0.3) is 0 Å². The molecule has 1 rings (SSSR count). The highest BCUT2D eigenvalue weighted by Crippen LogP contribution is 2.02. The predicted octanol–water partition coefficient (Wildman–Crippen LogP) is 0.130. The Morgan fingerprint density at radius 2 is 1.67 bits per heavy atom. The molecule has 4 N–H and O–H groups in total. The van der Waals surface area contributed by atoms with Crippen molar-refractivity contribution < 1.29 is 13.2 Å². The standard InChI is InChI=1S/C6H7NO2S.CH2N2OS/c7-10(8,9)6-4-2-1-3-5-6;2-1(4)3-5/h1-5H,(H2,7,8,9);(H2,2,4). The van der Waals surface area contributed by atoms with Crippen LogP contribution >= 0.6 is 0 Å². The number of primary sulfonamides is 1. The van der Waals surface area contributed by atoms with Gasteiger partial charge in [0, 0.05) is 12.4 Å². The molecule has 15 heavy (non-hydrogen) atoms. The molecule has 0 saturated heterocycles. The van der Waals surface area contributed by atoms with E-state index in [0.717, 1.165) is 0 Å². The van der Waals surface area contributed by atoms with Crippen molar-refractivity contribution in [2.45, 2.75) is 4.90 Å². The molecule has 0 heterocycles. The van der Waals surface area contributed by atoms with Gasteiger partial charge in [-0.15, -0.1) is 4.36 Å². The number of benzene rings is 1. The van der Waals surface area contributed by atoms with Crippen molar-refractivity contribution in [3.05, 3.63) is 30.3 Å².